The fourth-order valence-corrected chi connectivity index (χ4v) is 3.45. The molecule has 0 aromatic carbocycles. The zero-order valence-electron chi connectivity index (χ0n) is 10.4. The van der Waals surface area contributed by atoms with Gasteiger partial charge in [-0.05, 0) is 25.7 Å². The van der Waals surface area contributed by atoms with Gasteiger partial charge >= 0.3 is 0 Å². The molecule has 0 N–H and O–H groups in total. The Bertz CT molecular complexity index is 404. The smallest absolute Gasteiger partial charge is 0.230 e. The quantitative estimate of drug-likeness (QED) is 0.567. The molecule has 98 valence electrons. The number of likely N-dealkylation sites (tertiary alicyclic amines) is 1. The van der Waals surface area contributed by atoms with Crippen LogP contribution in [0.5, 0.6) is 0 Å². The molecular weight excluding hydrogens is 252 g/mol. The highest BCUT2D eigenvalue weighted by Crippen LogP contribution is 2.34. The fourth-order valence-electron chi connectivity index (χ4n) is 3.06. The van der Waals surface area contributed by atoms with Gasteiger partial charge in [0.1, 0.15) is 0 Å². The lowest BCUT2D eigenvalue weighted by molar-refractivity contribution is -0.132. The minimum Gasteiger partial charge on any atom is -0.329 e. The van der Waals surface area contributed by atoms with Crippen LogP contribution in [0.3, 0.4) is 0 Å². The van der Waals surface area contributed by atoms with Crippen LogP contribution in [0, 0.1) is 17.2 Å². The molecule has 1 heterocycles. The van der Waals surface area contributed by atoms with Crippen molar-refractivity contribution >= 4 is 23.3 Å². The number of rotatable bonds is 2. The lowest BCUT2D eigenvalue weighted by Crippen LogP contribution is -2.47. The number of hydrogen-bond acceptors (Lipinski definition) is 3. The van der Waals surface area contributed by atoms with E-state index in [1.807, 2.05) is 6.92 Å². The molecule has 1 aliphatic carbocycles. The van der Waals surface area contributed by atoms with Crippen LogP contribution in [0.25, 0.3) is 0 Å². The number of nitrogens with zero attached hydrogens (tertiary/aromatic N) is 2. The maximum atomic E-state index is 11.9. The summed E-state index contributed by atoms with van der Waals surface area (Å²) in [5, 5.41) is 8.72. The van der Waals surface area contributed by atoms with E-state index in [9.17, 15) is 9.59 Å². The first-order valence-electron chi connectivity index (χ1n) is 6.46. The average Bonchev–Trinajstić information content (AvgIpc) is 2.63. The van der Waals surface area contributed by atoms with Gasteiger partial charge in [0.25, 0.3) is 0 Å². The van der Waals surface area contributed by atoms with E-state index in [2.05, 4.69) is 6.07 Å². The zero-order valence-corrected chi connectivity index (χ0v) is 11.2. The third-order valence-electron chi connectivity index (χ3n) is 4.01. The highest BCUT2D eigenvalue weighted by molar-refractivity contribution is 6.21. The van der Waals surface area contributed by atoms with E-state index < -0.39 is 0 Å². The molecule has 0 aromatic heterocycles. The number of amides is 1. The molecule has 0 radical (unpaired) electrons. The molecule has 1 saturated carbocycles. The minimum atomic E-state index is -0.273. The summed E-state index contributed by atoms with van der Waals surface area (Å²) in [5.41, 5.74) is 0. The van der Waals surface area contributed by atoms with Gasteiger partial charge in [0, 0.05) is 6.04 Å². The van der Waals surface area contributed by atoms with E-state index in [4.69, 9.17) is 16.9 Å². The SMILES string of the molecule is CC[C@H]1C(=O)CC(=O)N1C1CCC(C#N)C(Cl)C1. The molecular formula is C13H17ClN2O2. The monoisotopic (exact) mass is 268 g/mol. The van der Waals surface area contributed by atoms with E-state index in [0.29, 0.717) is 19.3 Å². The van der Waals surface area contributed by atoms with E-state index in [-0.39, 0.29) is 41.5 Å². The van der Waals surface area contributed by atoms with E-state index >= 15 is 0 Å². The van der Waals surface area contributed by atoms with Gasteiger partial charge in [0.15, 0.2) is 5.78 Å². The van der Waals surface area contributed by atoms with Gasteiger partial charge in [-0.1, -0.05) is 6.92 Å². The van der Waals surface area contributed by atoms with Crippen molar-refractivity contribution in [3.63, 3.8) is 0 Å². The number of carbonyl (C=O) groups is 2. The number of nitriles is 1. The van der Waals surface area contributed by atoms with Crippen molar-refractivity contribution in [3.8, 4) is 6.07 Å². The van der Waals surface area contributed by atoms with Crippen LogP contribution in [0.4, 0.5) is 0 Å². The summed E-state index contributed by atoms with van der Waals surface area (Å²) in [6.07, 6.45) is 2.80. The van der Waals surface area contributed by atoms with Crippen molar-refractivity contribution in [2.24, 2.45) is 5.92 Å². The Morgan fingerprint density at radius 2 is 2.17 bits per heavy atom. The number of ketones is 1. The number of halogens is 1. The Kier molecular flexibility index (Phi) is 3.91. The molecule has 4 nitrogen and oxygen atoms in total. The molecule has 1 saturated heterocycles. The van der Waals surface area contributed by atoms with E-state index in [0.717, 1.165) is 6.42 Å². The summed E-state index contributed by atoms with van der Waals surface area (Å²) in [6, 6.07) is 1.96. The van der Waals surface area contributed by atoms with Crippen LogP contribution < -0.4 is 0 Å². The molecule has 0 bridgehead atoms. The predicted octanol–water partition coefficient (Wildman–Crippen LogP) is 1.87. The summed E-state index contributed by atoms with van der Waals surface area (Å²) in [7, 11) is 0. The van der Waals surface area contributed by atoms with Gasteiger partial charge in [-0.2, -0.15) is 5.26 Å². The average molecular weight is 269 g/mol. The van der Waals surface area contributed by atoms with Crippen LogP contribution in [0.15, 0.2) is 0 Å². The van der Waals surface area contributed by atoms with Crippen LogP contribution in [-0.2, 0) is 9.59 Å². The Hall–Kier alpha value is -1.08. The molecule has 3 unspecified atom stereocenters. The summed E-state index contributed by atoms with van der Waals surface area (Å²) in [5.74, 6) is -0.177. The van der Waals surface area contributed by atoms with Crippen molar-refractivity contribution in [2.45, 2.75) is 56.5 Å². The van der Waals surface area contributed by atoms with E-state index in [1.165, 1.54) is 0 Å². The maximum Gasteiger partial charge on any atom is 0.230 e. The van der Waals surface area contributed by atoms with Gasteiger partial charge in [0.05, 0.1) is 29.8 Å². The molecule has 4 atom stereocenters. The third-order valence-corrected chi connectivity index (χ3v) is 4.49. The Labute approximate surface area is 112 Å². The third kappa shape index (κ3) is 2.24. The molecule has 1 amide bonds. The van der Waals surface area contributed by atoms with Crippen molar-refractivity contribution in [2.75, 3.05) is 0 Å². The Morgan fingerprint density at radius 3 is 2.72 bits per heavy atom. The summed E-state index contributed by atoms with van der Waals surface area (Å²) < 4.78 is 0. The molecule has 2 rings (SSSR count). The first kappa shape index (κ1) is 13.4. The summed E-state index contributed by atoms with van der Waals surface area (Å²) >= 11 is 6.19. The normalized spacial score (nSPS) is 36.8. The van der Waals surface area contributed by atoms with Crippen LogP contribution in [0.1, 0.15) is 39.0 Å². The second-order valence-corrected chi connectivity index (χ2v) is 5.65. The van der Waals surface area contributed by atoms with Crippen LogP contribution >= 0.6 is 11.6 Å². The zero-order chi connectivity index (χ0) is 13.3. The number of alkyl halides is 1. The second-order valence-electron chi connectivity index (χ2n) is 5.09. The topological polar surface area (TPSA) is 61.2 Å². The number of hydrogen-bond donors (Lipinski definition) is 0. The van der Waals surface area contributed by atoms with E-state index in [1.54, 1.807) is 4.90 Å². The highest BCUT2D eigenvalue weighted by atomic mass is 35.5. The van der Waals surface area contributed by atoms with Crippen LogP contribution in [-0.4, -0.2) is 34.1 Å². The second kappa shape index (κ2) is 5.27. The standard InChI is InChI=1S/C13H17ClN2O2/c1-2-11-12(17)6-13(18)16(11)9-4-3-8(7-15)10(14)5-9/h8-11H,2-6H2,1H3/t8?,9?,10?,11-/m0/s1. The molecule has 0 spiro atoms. The highest BCUT2D eigenvalue weighted by Gasteiger charge is 2.43. The largest absolute Gasteiger partial charge is 0.329 e. The van der Waals surface area contributed by atoms with Crippen LogP contribution in [0.2, 0.25) is 0 Å². The summed E-state index contributed by atoms with van der Waals surface area (Å²) in [6.45, 7) is 1.92. The first-order chi connectivity index (χ1) is 8.58. The van der Waals surface area contributed by atoms with Crippen molar-refractivity contribution in [1.82, 2.24) is 4.90 Å². The molecule has 0 aromatic rings. The van der Waals surface area contributed by atoms with Crippen molar-refractivity contribution in [1.29, 1.82) is 5.26 Å². The first-order valence-corrected chi connectivity index (χ1v) is 6.89. The predicted molar refractivity (Wildman–Crippen MR) is 66.9 cm³/mol. The molecule has 1 aliphatic heterocycles. The molecule has 5 heteroatoms. The molecule has 2 aliphatic rings. The van der Waals surface area contributed by atoms with Gasteiger partial charge in [-0.3, -0.25) is 9.59 Å². The molecule has 2 fully saturated rings. The Balaban J connectivity index is 2.10. The van der Waals surface area contributed by atoms with Gasteiger partial charge in [-0.25, -0.2) is 0 Å². The number of carbonyl (C=O) groups excluding carboxylic acids is 2. The minimum absolute atomic E-state index is 0.0241. The maximum absolute atomic E-state index is 11.9. The molecule has 18 heavy (non-hydrogen) atoms. The lowest BCUT2D eigenvalue weighted by atomic mass is 9.85. The van der Waals surface area contributed by atoms with Gasteiger partial charge in [0.2, 0.25) is 5.91 Å². The number of Topliss-reactive ketones (excluding diaryl/α,β-unsaturated/α-hetero) is 1. The Morgan fingerprint density at radius 1 is 1.44 bits per heavy atom. The summed E-state index contributed by atoms with van der Waals surface area (Å²) in [4.78, 5) is 25.4. The van der Waals surface area contributed by atoms with Crippen molar-refractivity contribution < 1.29 is 9.59 Å². The fraction of sp³-hybridized carbons (Fsp3) is 0.769. The lowest BCUT2D eigenvalue weighted by Gasteiger charge is -2.37. The van der Waals surface area contributed by atoms with Crippen molar-refractivity contribution in [3.05, 3.63) is 0 Å². The van der Waals surface area contributed by atoms with Gasteiger partial charge in [-0.15, -0.1) is 11.6 Å². The van der Waals surface area contributed by atoms with Gasteiger partial charge < -0.3 is 4.90 Å².